The van der Waals surface area contributed by atoms with E-state index in [2.05, 4.69) is 10.3 Å². The predicted molar refractivity (Wildman–Crippen MR) is 65.7 cm³/mol. The third-order valence-corrected chi connectivity index (χ3v) is 3.24. The lowest BCUT2D eigenvalue weighted by atomic mass is 9.94. The van der Waals surface area contributed by atoms with Gasteiger partial charge in [0.1, 0.15) is 0 Å². The lowest BCUT2D eigenvalue weighted by molar-refractivity contribution is -0.127. The molecule has 0 aliphatic carbocycles. The summed E-state index contributed by atoms with van der Waals surface area (Å²) in [5, 5.41) is 2.93. The van der Waals surface area contributed by atoms with Gasteiger partial charge in [0.05, 0.1) is 23.9 Å². The number of amides is 1. The van der Waals surface area contributed by atoms with Crippen molar-refractivity contribution in [1.29, 1.82) is 0 Å². The fourth-order valence-corrected chi connectivity index (χ4v) is 2.09. The lowest BCUT2D eigenvalue weighted by Crippen LogP contribution is -2.36. The molecular weight excluding hydrogens is 216 g/mol. The van der Waals surface area contributed by atoms with Crippen molar-refractivity contribution in [3.05, 3.63) is 24.0 Å². The Balaban J connectivity index is 2.03. The molecule has 1 aliphatic heterocycles. The van der Waals surface area contributed by atoms with Crippen LogP contribution in [-0.4, -0.2) is 23.6 Å². The molecule has 1 amide bonds. The van der Waals surface area contributed by atoms with Crippen LogP contribution >= 0.6 is 0 Å². The van der Waals surface area contributed by atoms with E-state index < -0.39 is 0 Å². The second kappa shape index (κ2) is 5.27. The number of anilines is 1. The minimum absolute atomic E-state index is 0.000674. The van der Waals surface area contributed by atoms with E-state index in [0.29, 0.717) is 0 Å². The zero-order valence-electron chi connectivity index (χ0n) is 10.3. The second-order valence-corrected chi connectivity index (χ2v) is 4.50. The molecule has 0 radical (unpaired) electrons. The van der Waals surface area contributed by atoms with E-state index in [0.717, 1.165) is 30.7 Å². The summed E-state index contributed by atoms with van der Waals surface area (Å²) in [6, 6.07) is 1.89. The van der Waals surface area contributed by atoms with Gasteiger partial charge < -0.3 is 10.1 Å². The maximum absolute atomic E-state index is 12.1. The fourth-order valence-electron chi connectivity index (χ4n) is 2.09. The van der Waals surface area contributed by atoms with Gasteiger partial charge >= 0.3 is 0 Å². The van der Waals surface area contributed by atoms with Gasteiger partial charge in [-0.05, 0) is 38.3 Å². The van der Waals surface area contributed by atoms with Gasteiger partial charge in [0.2, 0.25) is 5.91 Å². The molecule has 0 spiro atoms. The number of hydrogen-bond donors (Lipinski definition) is 1. The summed E-state index contributed by atoms with van der Waals surface area (Å²) < 4.78 is 5.50. The summed E-state index contributed by atoms with van der Waals surface area (Å²) in [5.74, 6) is -0.0170. The molecule has 2 rings (SSSR count). The highest BCUT2D eigenvalue weighted by Gasteiger charge is 2.28. The zero-order chi connectivity index (χ0) is 12.3. The van der Waals surface area contributed by atoms with Gasteiger partial charge in [0.15, 0.2) is 0 Å². The summed E-state index contributed by atoms with van der Waals surface area (Å²) in [6.07, 6.45) is 5.25. The van der Waals surface area contributed by atoms with Crippen LogP contribution in [0.25, 0.3) is 0 Å². The number of aromatic nitrogens is 1. The monoisotopic (exact) mass is 234 g/mol. The van der Waals surface area contributed by atoms with Gasteiger partial charge in [-0.2, -0.15) is 0 Å². The average molecular weight is 234 g/mol. The molecule has 4 nitrogen and oxygen atoms in total. The van der Waals surface area contributed by atoms with E-state index in [1.807, 2.05) is 19.9 Å². The fraction of sp³-hybridized carbons (Fsp3) is 0.538. The molecule has 0 unspecified atom stereocenters. The third kappa shape index (κ3) is 2.82. The number of ether oxygens (including phenoxy) is 1. The van der Waals surface area contributed by atoms with Crippen LogP contribution in [0.15, 0.2) is 18.5 Å². The second-order valence-electron chi connectivity index (χ2n) is 4.50. The van der Waals surface area contributed by atoms with Gasteiger partial charge in [-0.3, -0.25) is 9.78 Å². The molecule has 1 fully saturated rings. The first-order valence-electron chi connectivity index (χ1n) is 6.01. The van der Waals surface area contributed by atoms with E-state index in [1.165, 1.54) is 0 Å². The van der Waals surface area contributed by atoms with Crippen molar-refractivity contribution in [2.75, 3.05) is 11.9 Å². The molecule has 1 saturated heterocycles. The SMILES string of the molecule is Cc1ccncc1NC(=O)[C@@H]1CCCO[C@H]1C. The number of nitrogens with zero attached hydrogens (tertiary/aromatic N) is 1. The molecule has 1 N–H and O–H groups in total. The molecule has 0 bridgehead atoms. The molecule has 2 heterocycles. The van der Waals surface area contributed by atoms with Gasteiger partial charge in [-0.25, -0.2) is 0 Å². The quantitative estimate of drug-likeness (QED) is 0.853. The highest BCUT2D eigenvalue weighted by Crippen LogP contribution is 2.22. The summed E-state index contributed by atoms with van der Waals surface area (Å²) in [6.45, 7) is 4.68. The van der Waals surface area contributed by atoms with Gasteiger partial charge in [-0.1, -0.05) is 0 Å². The maximum atomic E-state index is 12.1. The number of carbonyl (C=O) groups excluding carboxylic acids is 1. The topological polar surface area (TPSA) is 51.2 Å². The molecule has 1 aliphatic rings. The first kappa shape index (κ1) is 12.0. The van der Waals surface area contributed by atoms with Crippen molar-refractivity contribution in [2.45, 2.75) is 32.8 Å². The van der Waals surface area contributed by atoms with E-state index in [9.17, 15) is 4.79 Å². The van der Waals surface area contributed by atoms with Crippen molar-refractivity contribution in [3.63, 3.8) is 0 Å². The summed E-state index contributed by atoms with van der Waals surface area (Å²) >= 11 is 0. The summed E-state index contributed by atoms with van der Waals surface area (Å²) in [7, 11) is 0. The van der Waals surface area contributed by atoms with Crippen molar-refractivity contribution >= 4 is 11.6 Å². The largest absolute Gasteiger partial charge is 0.378 e. The summed E-state index contributed by atoms with van der Waals surface area (Å²) in [5.41, 5.74) is 1.81. The van der Waals surface area contributed by atoms with Crippen LogP contribution in [0.4, 0.5) is 5.69 Å². The highest BCUT2D eigenvalue weighted by atomic mass is 16.5. The van der Waals surface area contributed by atoms with Crippen molar-refractivity contribution in [1.82, 2.24) is 4.98 Å². The van der Waals surface area contributed by atoms with Gasteiger partial charge in [0, 0.05) is 12.8 Å². The molecule has 0 saturated carbocycles. The standard InChI is InChI=1S/C13H18N2O2/c1-9-5-6-14-8-12(9)15-13(16)11-4-3-7-17-10(11)2/h5-6,8,10-11H,3-4,7H2,1-2H3,(H,15,16)/t10-,11+/m0/s1. The Morgan fingerprint density at radius 3 is 3.12 bits per heavy atom. The highest BCUT2D eigenvalue weighted by molar-refractivity contribution is 5.93. The number of carbonyl (C=O) groups is 1. The van der Waals surface area contributed by atoms with E-state index >= 15 is 0 Å². The molecule has 0 aromatic carbocycles. The Morgan fingerprint density at radius 1 is 1.59 bits per heavy atom. The van der Waals surface area contributed by atoms with Crippen LogP contribution in [0.2, 0.25) is 0 Å². The zero-order valence-corrected chi connectivity index (χ0v) is 10.3. The van der Waals surface area contributed by atoms with Gasteiger partial charge in [0.25, 0.3) is 0 Å². The van der Waals surface area contributed by atoms with Crippen molar-refractivity contribution < 1.29 is 9.53 Å². The molecule has 92 valence electrons. The Bertz CT molecular complexity index is 406. The van der Waals surface area contributed by atoms with E-state index in [-0.39, 0.29) is 17.9 Å². The Kier molecular flexibility index (Phi) is 3.74. The Labute approximate surface area is 101 Å². The Hall–Kier alpha value is -1.42. The third-order valence-electron chi connectivity index (χ3n) is 3.24. The van der Waals surface area contributed by atoms with E-state index in [1.54, 1.807) is 12.4 Å². The van der Waals surface area contributed by atoms with Crippen LogP contribution in [0.1, 0.15) is 25.3 Å². The molecular formula is C13H18N2O2. The van der Waals surface area contributed by atoms with Crippen LogP contribution in [-0.2, 0) is 9.53 Å². The van der Waals surface area contributed by atoms with Crippen LogP contribution < -0.4 is 5.32 Å². The first-order valence-corrected chi connectivity index (χ1v) is 6.01. The molecule has 1 aromatic rings. The number of aryl methyl sites for hydroxylation is 1. The van der Waals surface area contributed by atoms with Crippen LogP contribution in [0, 0.1) is 12.8 Å². The average Bonchev–Trinajstić information content (AvgIpc) is 2.32. The maximum Gasteiger partial charge on any atom is 0.230 e. The lowest BCUT2D eigenvalue weighted by Gasteiger charge is -2.28. The number of pyridine rings is 1. The smallest absolute Gasteiger partial charge is 0.230 e. The predicted octanol–water partition coefficient (Wildman–Crippen LogP) is 2.14. The van der Waals surface area contributed by atoms with Gasteiger partial charge in [-0.15, -0.1) is 0 Å². The molecule has 1 aromatic heterocycles. The number of hydrogen-bond acceptors (Lipinski definition) is 3. The van der Waals surface area contributed by atoms with Crippen LogP contribution in [0.3, 0.4) is 0 Å². The van der Waals surface area contributed by atoms with Crippen molar-refractivity contribution in [3.8, 4) is 0 Å². The molecule has 2 atom stereocenters. The number of rotatable bonds is 2. The van der Waals surface area contributed by atoms with Crippen LogP contribution in [0.5, 0.6) is 0 Å². The minimum Gasteiger partial charge on any atom is -0.378 e. The number of nitrogens with one attached hydrogen (secondary N) is 1. The van der Waals surface area contributed by atoms with Crippen molar-refractivity contribution in [2.24, 2.45) is 5.92 Å². The normalized spacial score (nSPS) is 24.4. The summed E-state index contributed by atoms with van der Waals surface area (Å²) in [4.78, 5) is 16.1. The Morgan fingerprint density at radius 2 is 2.41 bits per heavy atom. The molecule has 4 heteroatoms. The first-order chi connectivity index (χ1) is 8.18. The molecule has 17 heavy (non-hydrogen) atoms. The van der Waals surface area contributed by atoms with E-state index in [4.69, 9.17) is 4.74 Å². The minimum atomic E-state index is -0.0524.